The Morgan fingerprint density at radius 1 is 1.42 bits per heavy atom. The van der Waals surface area contributed by atoms with Crippen molar-refractivity contribution in [3.8, 4) is 0 Å². The van der Waals surface area contributed by atoms with Gasteiger partial charge in [0.1, 0.15) is 9.84 Å². The first-order valence-corrected chi connectivity index (χ1v) is 8.42. The van der Waals surface area contributed by atoms with Crippen LogP contribution in [-0.2, 0) is 9.84 Å². The summed E-state index contributed by atoms with van der Waals surface area (Å²) in [6.07, 6.45) is 1.68. The van der Waals surface area contributed by atoms with E-state index in [1.165, 1.54) is 12.3 Å². The first-order valence-electron chi connectivity index (χ1n) is 5.57. The number of nitro groups is 1. The quantitative estimate of drug-likeness (QED) is 0.483. The Kier molecular flexibility index (Phi) is 5.30. The Balaban J connectivity index is 2.70. The zero-order valence-electron chi connectivity index (χ0n) is 10.6. The maximum absolute atomic E-state index is 11.0. The third kappa shape index (κ3) is 5.15. The predicted molar refractivity (Wildman–Crippen MR) is 78.4 cm³/mol. The summed E-state index contributed by atoms with van der Waals surface area (Å²) in [7, 11) is -2.96. The molecule has 0 unspecified atom stereocenters. The molecule has 19 heavy (non-hydrogen) atoms. The fourth-order valence-corrected chi connectivity index (χ4v) is 2.70. The van der Waals surface area contributed by atoms with E-state index in [2.05, 4.69) is 21.2 Å². The second kappa shape index (κ2) is 6.33. The Morgan fingerprint density at radius 2 is 2.05 bits per heavy atom. The maximum atomic E-state index is 11.0. The molecule has 0 aliphatic rings. The number of nitro benzene ring substituents is 1. The topological polar surface area (TPSA) is 89.3 Å². The number of hydrogen-bond acceptors (Lipinski definition) is 5. The van der Waals surface area contributed by atoms with Crippen LogP contribution < -0.4 is 5.32 Å². The average Bonchev–Trinajstić information content (AvgIpc) is 2.26. The Morgan fingerprint density at radius 3 is 2.58 bits per heavy atom. The SMILES string of the molecule is Cc1cc(NCCCS(C)(=O)=O)c(Br)cc1[N+](=O)[O-]. The van der Waals surface area contributed by atoms with Gasteiger partial charge in [0.05, 0.1) is 10.7 Å². The number of halogens is 1. The zero-order chi connectivity index (χ0) is 14.6. The van der Waals surface area contributed by atoms with E-state index in [9.17, 15) is 18.5 Å². The number of rotatable bonds is 6. The van der Waals surface area contributed by atoms with Crippen LogP contribution >= 0.6 is 15.9 Å². The van der Waals surface area contributed by atoms with E-state index in [1.54, 1.807) is 13.0 Å². The van der Waals surface area contributed by atoms with E-state index in [0.29, 0.717) is 23.0 Å². The Hall–Kier alpha value is -1.15. The van der Waals surface area contributed by atoms with Crippen LogP contribution in [0.1, 0.15) is 12.0 Å². The van der Waals surface area contributed by atoms with Gasteiger partial charge in [0.15, 0.2) is 0 Å². The van der Waals surface area contributed by atoms with Crippen molar-refractivity contribution in [3.05, 3.63) is 32.3 Å². The fraction of sp³-hybridized carbons (Fsp3) is 0.455. The molecule has 1 N–H and O–H groups in total. The van der Waals surface area contributed by atoms with Gasteiger partial charge < -0.3 is 5.32 Å². The minimum atomic E-state index is -2.96. The van der Waals surface area contributed by atoms with Crippen LogP contribution in [0.15, 0.2) is 16.6 Å². The van der Waals surface area contributed by atoms with Crippen LogP contribution in [0.25, 0.3) is 0 Å². The van der Waals surface area contributed by atoms with Gasteiger partial charge in [-0.1, -0.05) is 0 Å². The molecule has 1 aromatic rings. The Labute approximate surface area is 120 Å². The summed E-state index contributed by atoms with van der Waals surface area (Å²) in [5.74, 6) is 0.115. The highest BCUT2D eigenvalue weighted by Crippen LogP contribution is 2.30. The molecule has 0 amide bonds. The highest BCUT2D eigenvalue weighted by atomic mass is 79.9. The molecule has 0 bridgehead atoms. The minimum absolute atomic E-state index is 0.0496. The van der Waals surface area contributed by atoms with E-state index in [4.69, 9.17) is 0 Å². The molecule has 8 heteroatoms. The summed E-state index contributed by atoms with van der Waals surface area (Å²) < 4.78 is 22.5. The molecule has 0 saturated heterocycles. The molecule has 0 atom stereocenters. The van der Waals surface area contributed by atoms with Crippen molar-refractivity contribution >= 4 is 37.1 Å². The number of nitrogens with one attached hydrogen (secondary N) is 1. The lowest BCUT2D eigenvalue weighted by atomic mass is 10.2. The molecule has 6 nitrogen and oxygen atoms in total. The van der Waals surface area contributed by atoms with Crippen molar-refractivity contribution in [1.29, 1.82) is 0 Å². The van der Waals surface area contributed by atoms with Crippen LogP contribution in [0.4, 0.5) is 11.4 Å². The maximum Gasteiger partial charge on any atom is 0.273 e. The normalized spacial score (nSPS) is 11.3. The van der Waals surface area contributed by atoms with Gasteiger partial charge >= 0.3 is 0 Å². The number of aryl methyl sites for hydroxylation is 1. The second-order valence-electron chi connectivity index (χ2n) is 4.29. The first kappa shape index (κ1) is 15.9. The number of nitrogens with zero attached hydrogens (tertiary/aromatic N) is 1. The number of sulfone groups is 1. The molecule has 0 aliphatic heterocycles. The fourth-order valence-electron chi connectivity index (χ4n) is 1.56. The van der Waals surface area contributed by atoms with Crippen molar-refractivity contribution in [1.82, 2.24) is 0 Å². The van der Waals surface area contributed by atoms with Crippen LogP contribution in [0.2, 0.25) is 0 Å². The lowest BCUT2D eigenvalue weighted by Crippen LogP contribution is -2.10. The van der Waals surface area contributed by atoms with Gasteiger partial charge in [-0.3, -0.25) is 10.1 Å². The number of benzene rings is 1. The van der Waals surface area contributed by atoms with Crippen molar-refractivity contribution in [2.24, 2.45) is 0 Å². The molecule has 0 spiro atoms. The highest BCUT2D eigenvalue weighted by molar-refractivity contribution is 9.10. The van der Waals surface area contributed by atoms with E-state index < -0.39 is 14.8 Å². The molecule has 0 aliphatic carbocycles. The molecule has 0 fully saturated rings. The summed E-state index contributed by atoms with van der Waals surface area (Å²) in [6, 6.07) is 3.11. The monoisotopic (exact) mass is 350 g/mol. The third-order valence-electron chi connectivity index (χ3n) is 2.49. The summed E-state index contributed by atoms with van der Waals surface area (Å²) in [5, 5.41) is 13.8. The third-order valence-corrected chi connectivity index (χ3v) is 4.18. The van der Waals surface area contributed by atoms with Crippen molar-refractivity contribution < 1.29 is 13.3 Å². The van der Waals surface area contributed by atoms with Gasteiger partial charge in [-0.25, -0.2) is 8.42 Å². The molecule has 0 saturated carbocycles. The molecule has 0 radical (unpaired) electrons. The molecule has 0 heterocycles. The largest absolute Gasteiger partial charge is 0.384 e. The van der Waals surface area contributed by atoms with Crippen LogP contribution in [0.3, 0.4) is 0 Å². The molecule has 0 aromatic heterocycles. The first-order chi connectivity index (χ1) is 8.70. The average molecular weight is 351 g/mol. The summed E-state index contributed by atoms with van der Waals surface area (Å²) in [5.41, 5.74) is 1.32. The summed E-state index contributed by atoms with van der Waals surface area (Å²) in [4.78, 5) is 10.3. The van der Waals surface area contributed by atoms with Gasteiger partial charge in [0.25, 0.3) is 5.69 Å². The molecule has 106 valence electrons. The number of hydrogen-bond donors (Lipinski definition) is 1. The van der Waals surface area contributed by atoms with Gasteiger partial charge in [0.2, 0.25) is 0 Å². The lowest BCUT2D eigenvalue weighted by Gasteiger charge is -2.09. The van der Waals surface area contributed by atoms with Crippen molar-refractivity contribution in [3.63, 3.8) is 0 Å². The van der Waals surface area contributed by atoms with E-state index in [-0.39, 0.29) is 11.4 Å². The second-order valence-corrected chi connectivity index (χ2v) is 7.40. The Bertz CT molecular complexity index is 587. The molecule has 1 rings (SSSR count). The van der Waals surface area contributed by atoms with Crippen LogP contribution in [0.5, 0.6) is 0 Å². The molecular formula is C11H15BrN2O4S. The summed E-state index contributed by atoms with van der Waals surface area (Å²) >= 11 is 3.26. The minimum Gasteiger partial charge on any atom is -0.384 e. The predicted octanol–water partition coefficient (Wildman–Crippen LogP) is 2.51. The van der Waals surface area contributed by atoms with Gasteiger partial charge in [-0.15, -0.1) is 0 Å². The van der Waals surface area contributed by atoms with E-state index in [0.717, 1.165) is 5.69 Å². The molecular weight excluding hydrogens is 336 g/mol. The van der Waals surface area contributed by atoms with E-state index in [1.807, 2.05) is 0 Å². The molecule has 1 aromatic carbocycles. The van der Waals surface area contributed by atoms with Crippen LogP contribution in [0, 0.1) is 17.0 Å². The number of anilines is 1. The standard InChI is InChI=1S/C11H15BrN2O4S/c1-8-6-10(9(12)7-11(8)14(15)16)13-4-3-5-19(2,17)18/h6-7,13H,3-5H2,1-2H3. The van der Waals surface area contributed by atoms with Crippen molar-refractivity contribution in [2.75, 3.05) is 23.9 Å². The van der Waals surface area contributed by atoms with E-state index >= 15 is 0 Å². The van der Waals surface area contributed by atoms with Gasteiger partial charge in [0, 0.05) is 34.6 Å². The van der Waals surface area contributed by atoms with Gasteiger partial charge in [-0.05, 0) is 35.3 Å². The zero-order valence-corrected chi connectivity index (χ0v) is 13.0. The van der Waals surface area contributed by atoms with Gasteiger partial charge in [-0.2, -0.15) is 0 Å². The van der Waals surface area contributed by atoms with Crippen molar-refractivity contribution in [2.45, 2.75) is 13.3 Å². The highest BCUT2D eigenvalue weighted by Gasteiger charge is 2.13. The van der Waals surface area contributed by atoms with Crippen LogP contribution in [-0.4, -0.2) is 31.9 Å². The smallest absolute Gasteiger partial charge is 0.273 e. The summed E-state index contributed by atoms with van der Waals surface area (Å²) in [6.45, 7) is 2.15. The lowest BCUT2D eigenvalue weighted by molar-refractivity contribution is -0.385.